The maximum Gasteiger partial charge on any atom is 0.295 e. The Labute approximate surface area is 179 Å². The normalized spacial score (nSPS) is 17.8. The van der Waals surface area contributed by atoms with Gasteiger partial charge >= 0.3 is 0 Å². The number of carbonyl (C=O) groups is 2. The van der Waals surface area contributed by atoms with Crippen LogP contribution in [0.15, 0.2) is 48.0 Å². The lowest BCUT2D eigenvalue weighted by atomic mass is 9.94. The van der Waals surface area contributed by atoms with Gasteiger partial charge in [-0.25, -0.2) is 4.39 Å². The SMILES string of the molecule is COCCCN1C(=O)C(=O)/C(=C(/O)c2cc(OC)ccc2OC)C1c1ccccc1F. The molecular formula is C23H24FNO6. The molecule has 3 rings (SSSR count). The Hall–Kier alpha value is -3.39. The third-order valence-electron chi connectivity index (χ3n) is 5.15. The zero-order valence-electron chi connectivity index (χ0n) is 17.6. The smallest absolute Gasteiger partial charge is 0.295 e. The molecule has 0 spiro atoms. The lowest BCUT2D eigenvalue weighted by Crippen LogP contribution is -2.31. The number of methoxy groups -OCH3 is 3. The van der Waals surface area contributed by atoms with Crippen LogP contribution in [0, 0.1) is 5.82 Å². The summed E-state index contributed by atoms with van der Waals surface area (Å²) in [5.74, 6) is -2.07. The summed E-state index contributed by atoms with van der Waals surface area (Å²) < 4.78 is 30.3. The molecule has 1 fully saturated rings. The highest BCUT2D eigenvalue weighted by molar-refractivity contribution is 6.46. The van der Waals surface area contributed by atoms with Crippen molar-refractivity contribution in [2.24, 2.45) is 0 Å². The summed E-state index contributed by atoms with van der Waals surface area (Å²) >= 11 is 0. The van der Waals surface area contributed by atoms with Gasteiger partial charge in [-0.2, -0.15) is 0 Å². The fraction of sp³-hybridized carbons (Fsp3) is 0.304. The molecule has 0 saturated carbocycles. The van der Waals surface area contributed by atoms with Crippen molar-refractivity contribution in [3.63, 3.8) is 0 Å². The van der Waals surface area contributed by atoms with Crippen molar-refractivity contribution in [1.29, 1.82) is 0 Å². The number of halogens is 1. The van der Waals surface area contributed by atoms with E-state index in [0.29, 0.717) is 18.8 Å². The van der Waals surface area contributed by atoms with Crippen LogP contribution in [0.5, 0.6) is 11.5 Å². The topological polar surface area (TPSA) is 85.3 Å². The Kier molecular flexibility index (Phi) is 6.91. The van der Waals surface area contributed by atoms with E-state index in [9.17, 15) is 19.1 Å². The summed E-state index contributed by atoms with van der Waals surface area (Å²) in [6.45, 7) is 0.514. The number of aliphatic hydroxyl groups is 1. The summed E-state index contributed by atoms with van der Waals surface area (Å²) in [7, 11) is 4.40. The van der Waals surface area contributed by atoms with Crippen LogP contribution in [0.25, 0.3) is 5.76 Å². The molecule has 1 aliphatic rings. The first kappa shape index (κ1) is 22.3. The quantitative estimate of drug-likeness (QED) is 0.300. The monoisotopic (exact) mass is 429 g/mol. The third-order valence-corrected chi connectivity index (χ3v) is 5.15. The van der Waals surface area contributed by atoms with Gasteiger partial charge in [-0.1, -0.05) is 18.2 Å². The lowest BCUT2D eigenvalue weighted by molar-refractivity contribution is -0.140. The number of likely N-dealkylation sites (tertiary alicyclic amines) is 1. The second-order valence-corrected chi connectivity index (χ2v) is 6.93. The Morgan fingerprint density at radius 1 is 1.10 bits per heavy atom. The van der Waals surface area contributed by atoms with E-state index in [2.05, 4.69) is 0 Å². The molecule has 164 valence electrons. The zero-order chi connectivity index (χ0) is 22.5. The molecule has 7 nitrogen and oxygen atoms in total. The Morgan fingerprint density at radius 2 is 1.84 bits per heavy atom. The number of aliphatic hydroxyl groups excluding tert-OH is 1. The largest absolute Gasteiger partial charge is 0.507 e. The maximum atomic E-state index is 14.7. The number of Topliss-reactive ketones (excluding diaryl/α,β-unsaturated/α-hetero) is 1. The first-order valence-electron chi connectivity index (χ1n) is 9.68. The number of rotatable bonds is 8. The van der Waals surface area contributed by atoms with Crippen molar-refractivity contribution < 1.29 is 33.3 Å². The number of ether oxygens (including phenoxy) is 3. The predicted octanol–water partition coefficient (Wildman–Crippen LogP) is 3.30. The van der Waals surface area contributed by atoms with Crippen molar-refractivity contribution in [1.82, 2.24) is 4.90 Å². The number of amides is 1. The summed E-state index contributed by atoms with van der Waals surface area (Å²) in [6.07, 6.45) is 0.441. The van der Waals surface area contributed by atoms with Gasteiger partial charge in [0.15, 0.2) is 0 Å². The fourth-order valence-corrected chi connectivity index (χ4v) is 3.65. The van der Waals surface area contributed by atoms with Gasteiger partial charge in [0.25, 0.3) is 11.7 Å². The zero-order valence-corrected chi connectivity index (χ0v) is 17.6. The number of hydrogen-bond donors (Lipinski definition) is 1. The average molecular weight is 429 g/mol. The van der Waals surface area contributed by atoms with E-state index >= 15 is 0 Å². The molecule has 1 atom stereocenters. The minimum Gasteiger partial charge on any atom is -0.507 e. The molecule has 1 aliphatic heterocycles. The van der Waals surface area contributed by atoms with Crippen LogP contribution < -0.4 is 9.47 Å². The van der Waals surface area contributed by atoms with Crippen molar-refractivity contribution >= 4 is 17.4 Å². The second kappa shape index (κ2) is 9.61. The van der Waals surface area contributed by atoms with E-state index in [1.54, 1.807) is 18.2 Å². The number of nitrogens with zero attached hydrogens (tertiary/aromatic N) is 1. The fourth-order valence-electron chi connectivity index (χ4n) is 3.65. The average Bonchev–Trinajstić information content (AvgIpc) is 3.03. The van der Waals surface area contributed by atoms with Crippen molar-refractivity contribution in [2.45, 2.75) is 12.5 Å². The van der Waals surface area contributed by atoms with Gasteiger partial charge < -0.3 is 24.2 Å². The van der Waals surface area contributed by atoms with E-state index in [-0.39, 0.29) is 29.0 Å². The first-order chi connectivity index (χ1) is 14.9. The minimum absolute atomic E-state index is 0.113. The molecule has 0 bridgehead atoms. The summed E-state index contributed by atoms with van der Waals surface area (Å²) in [4.78, 5) is 27.1. The molecule has 1 amide bonds. The van der Waals surface area contributed by atoms with Gasteiger partial charge in [-0.15, -0.1) is 0 Å². The second-order valence-electron chi connectivity index (χ2n) is 6.93. The molecule has 8 heteroatoms. The van der Waals surface area contributed by atoms with Gasteiger partial charge in [0.05, 0.1) is 31.4 Å². The van der Waals surface area contributed by atoms with Gasteiger partial charge in [-0.3, -0.25) is 9.59 Å². The van der Waals surface area contributed by atoms with E-state index < -0.39 is 29.3 Å². The maximum absolute atomic E-state index is 14.7. The van der Waals surface area contributed by atoms with E-state index in [1.165, 1.54) is 50.5 Å². The molecular weight excluding hydrogens is 405 g/mol. The summed E-state index contributed by atoms with van der Waals surface area (Å²) in [5, 5.41) is 11.1. The first-order valence-corrected chi connectivity index (χ1v) is 9.68. The molecule has 1 heterocycles. The van der Waals surface area contributed by atoms with Crippen LogP contribution in [0.2, 0.25) is 0 Å². The molecule has 31 heavy (non-hydrogen) atoms. The molecule has 1 N–H and O–H groups in total. The molecule has 0 aromatic heterocycles. The lowest BCUT2D eigenvalue weighted by Gasteiger charge is -2.25. The highest BCUT2D eigenvalue weighted by atomic mass is 19.1. The van der Waals surface area contributed by atoms with Gasteiger partial charge in [0.2, 0.25) is 0 Å². The highest BCUT2D eigenvalue weighted by Gasteiger charge is 2.47. The molecule has 1 saturated heterocycles. The Morgan fingerprint density at radius 3 is 2.48 bits per heavy atom. The molecule has 1 unspecified atom stereocenters. The van der Waals surface area contributed by atoms with Crippen LogP contribution in [-0.2, 0) is 14.3 Å². The van der Waals surface area contributed by atoms with Crippen molar-refractivity contribution in [3.05, 3.63) is 65.0 Å². The van der Waals surface area contributed by atoms with Gasteiger partial charge in [-0.05, 0) is 30.7 Å². The number of benzene rings is 2. The third kappa shape index (κ3) is 4.25. The van der Waals surface area contributed by atoms with E-state index in [1.807, 2.05) is 0 Å². The van der Waals surface area contributed by atoms with Crippen LogP contribution >= 0.6 is 0 Å². The van der Waals surface area contributed by atoms with Crippen molar-refractivity contribution in [2.75, 3.05) is 34.5 Å². The molecule has 0 radical (unpaired) electrons. The van der Waals surface area contributed by atoms with Crippen LogP contribution in [0.1, 0.15) is 23.6 Å². The Bertz CT molecular complexity index is 1020. The summed E-state index contributed by atoms with van der Waals surface area (Å²) in [6, 6.07) is 9.47. The van der Waals surface area contributed by atoms with E-state index in [0.717, 1.165) is 0 Å². The van der Waals surface area contributed by atoms with Gasteiger partial charge in [0.1, 0.15) is 23.1 Å². The standard InChI is InChI=1S/C23H24FNO6/c1-29-12-6-11-25-20(15-7-4-5-8-17(15)24)19(22(27)23(25)28)21(26)16-13-14(30-2)9-10-18(16)31-3/h4-5,7-10,13,20,26H,6,11-12H2,1-3H3/b21-19+. The highest BCUT2D eigenvalue weighted by Crippen LogP contribution is 2.42. The molecule has 2 aromatic rings. The predicted molar refractivity (Wildman–Crippen MR) is 111 cm³/mol. The van der Waals surface area contributed by atoms with Crippen LogP contribution in [-0.4, -0.2) is 56.2 Å². The number of hydrogen-bond acceptors (Lipinski definition) is 6. The minimum atomic E-state index is -1.09. The van der Waals surface area contributed by atoms with Crippen LogP contribution in [0.4, 0.5) is 4.39 Å². The summed E-state index contributed by atoms with van der Waals surface area (Å²) in [5.41, 5.74) is 0.0691. The Balaban J connectivity index is 2.21. The molecule has 0 aliphatic carbocycles. The number of ketones is 1. The van der Waals surface area contributed by atoms with Crippen molar-refractivity contribution in [3.8, 4) is 11.5 Å². The molecule has 2 aromatic carbocycles. The van der Waals surface area contributed by atoms with Crippen LogP contribution in [0.3, 0.4) is 0 Å². The number of carbonyl (C=O) groups excluding carboxylic acids is 2. The van der Waals surface area contributed by atoms with Gasteiger partial charge in [0, 0.05) is 25.8 Å². The van der Waals surface area contributed by atoms with E-state index in [4.69, 9.17) is 14.2 Å².